The van der Waals surface area contributed by atoms with Gasteiger partial charge in [-0.15, -0.1) is 0 Å². The van der Waals surface area contributed by atoms with E-state index in [-0.39, 0.29) is 11.9 Å². The van der Waals surface area contributed by atoms with E-state index in [2.05, 4.69) is 15.4 Å². The second kappa shape index (κ2) is 3.44. The van der Waals surface area contributed by atoms with Crippen molar-refractivity contribution in [3.8, 4) is 0 Å². The summed E-state index contributed by atoms with van der Waals surface area (Å²) < 4.78 is 1.75. The summed E-state index contributed by atoms with van der Waals surface area (Å²) >= 11 is 0. The summed E-state index contributed by atoms with van der Waals surface area (Å²) in [5, 5.41) is 6.83. The van der Waals surface area contributed by atoms with Crippen LogP contribution >= 0.6 is 0 Å². The van der Waals surface area contributed by atoms with E-state index in [1.807, 2.05) is 30.3 Å². The smallest absolute Gasteiger partial charge is 0.229 e. The monoisotopic (exact) mass is 214 g/mol. The number of fused-ring (bicyclic) bond motifs is 1. The molecule has 3 rings (SSSR count). The van der Waals surface area contributed by atoms with Crippen LogP contribution < -0.4 is 5.32 Å². The number of nitrogens with zero attached hydrogens (tertiary/aromatic N) is 3. The summed E-state index contributed by atoms with van der Waals surface area (Å²) in [5.41, 5.74) is 1.07. The van der Waals surface area contributed by atoms with E-state index in [4.69, 9.17) is 0 Å². The highest BCUT2D eigenvalue weighted by Gasteiger charge is 2.27. The van der Waals surface area contributed by atoms with Crippen molar-refractivity contribution in [3.05, 3.63) is 42.2 Å². The lowest BCUT2D eigenvalue weighted by molar-refractivity contribution is -0.117. The number of nitrogens with one attached hydrogen (secondary N) is 1. The number of hydrogen-bond acceptors (Lipinski definition) is 3. The van der Waals surface area contributed by atoms with Crippen LogP contribution in [0.3, 0.4) is 0 Å². The van der Waals surface area contributed by atoms with Crippen molar-refractivity contribution in [2.24, 2.45) is 0 Å². The van der Waals surface area contributed by atoms with Crippen molar-refractivity contribution in [2.45, 2.75) is 12.5 Å². The maximum absolute atomic E-state index is 11.5. The minimum Gasteiger partial charge on any atom is -0.295 e. The minimum atomic E-state index is -0.0487. The van der Waals surface area contributed by atoms with Gasteiger partial charge in [0.15, 0.2) is 0 Å². The molecule has 0 unspecified atom stereocenters. The lowest BCUT2D eigenvalue weighted by Crippen LogP contribution is -2.29. The van der Waals surface area contributed by atoms with Crippen molar-refractivity contribution in [3.63, 3.8) is 0 Å². The number of carbonyl (C=O) groups is 1. The first-order chi connectivity index (χ1) is 7.84. The molecule has 0 aliphatic carbocycles. The van der Waals surface area contributed by atoms with Crippen LogP contribution in [-0.2, 0) is 4.79 Å². The van der Waals surface area contributed by atoms with Crippen LogP contribution in [0.5, 0.6) is 0 Å². The molecule has 1 aliphatic rings. The summed E-state index contributed by atoms with van der Waals surface area (Å²) in [7, 11) is 0. The minimum absolute atomic E-state index is 0.0191. The van der Waals surface area contributed by atoms with Crippen LogP contribution in [0.15, 0.2) is 36.7 Å². The second-order valence-corrected chi connectivity index (χ2v) is 3.71. The highest BCUT2D eigenvalue weighted by atomic mass is 16.2. The molecule has 1 aromatic heterocycles. The Hall–Kier alpha value is -2.17. The average molecular weight is 214 g/mol. The number of carbonyl (C=O) groups excluding carboxylic acids is 1. The number of hydrogen-bond donors (Lipinski definition) is 1. The van der Waals surface area contributed by atoms with E-state index in [1.165, 1.54) is 6.33 Å². The summed E-state index contributed by atoms with van der Waals surface area (Å²) in [4.78, 5) is 15.5. The Morgan fingerprint density at radius 3 is 2.94 bits per heavy atom. The van der Waals surface area contributed by atoms with Gasteiger partial charge in [0.1, 0.15) is 6.33 Å². The van der Waals surface area contributed by atoms with Crippen LogP contribution in [0.1, 0.15) is 18.0 Å². The quantitative estimate of drug-likeness (QED) is 0.776. The Balaban J connectivity index is 2.07. The largest absolute Gasteiger partial charge is 0.295 e. The zero-order valence-electron chi connectivity index (χ0n) is 8.50. The maximum atomic E-state index is 11.5. The molecular formula is C11H10N4O. The van der Waals surface area contributed by atoms with Gasteiger partial charge >= 0.3 is 0 Å². The Kier molecular flexibility index (Phi) is 1.96. The fourth-order valence-electron chi connectivity index (χ4n) is 1.94. The van der Waals surface area contributed by atoms with Crippen LogP contribution in [0.4, 0.5) is 5.95 Å². The molecule has 1 N–H and O–H groups in total. The Morgan fingerprint density at radius 1 is 1.31 bits per heavy atom. The Labute approximate surface area is 92.1 Å². The van der Waals surface area contributed by atoms with Crippen molar-refractivity contribution >= 4 is 11.9 Å². The van der Waals surface area contributed by atoms with E-state index in [0.29, 0.717) is 12.4 Å². The van der Waals surface area contributed by atoms with Gasteiger partial charge in [-0.25, -0.2) is 4.68 Å². The predicted octanol–water partition coefficient (Wildman–Crippen LogP) is 1.21. The van der Waals surface area contributed by atoms with Gasteiger partial charge in [0.25, 0.3) is 0 Å². The number of aromatic nitrogens is 3. The van der Waals surface area contributed by atoms with Gasteiger partial charge < -0.3 is 0 Å². The molecule has 5 heteroatoms. The third kappa shape index (κ3) is 1.37. The van der Waals surface area contributed by atoms with Gasteiger partial charge in [0, 0.05) is 0 Å². The topological polar surface area (TPSA) is 59.8 Å². The molecule has 0 spiro atoms. The fourth-order valence-corrected chi connectivity index (χ4v) is 1.94. The molecule has 16 heavy (non-hydrogen) atoms. The molecular weight excluding hydrogens is 204 g/mol. The molecule has 5 nitrogen and oxygen atoms in total. The molecule has 2 heterocycles. The number of benzene rings is 1. The number of amides is 1. The molecule has 0 bridgehead atoms. The highest BCUT2D eigenvalue weighted by molar-refractivity contribution is 5.91. The molecule has 80 valence electrons. The lowest BCUT2D eigenvalue weighted by atomic mass is 10.0. The zero-order valence-corrected chi connectivity index (χ0v) is 8.50. The summed E-state index contributed by atoms with van der Waals surface area (Å²) in [6.45, 7) is 0. The van der Waals surface area contributed by atoms with Crippen LogP contribution in [0, 0.1) is 0 Å². The van der Waals surface area contributed by atoms with Crippen molar-refractivity contribution < 1.29 is 4.79 Å². The zero-order chi connectivity index (χ0) is 11.0. The first-order valence-corrected chi connectivity index (χ1v) is 5.09. The fraction of sp³-hybridized carbons (Fsp3) is 0.182. The van der Waals surface area contributed by atoms with Gasteiger partial charge in [-0.05, 0) is 5.56 Å². The van der Waals surface area contributed by atoms with Gasteiger partial charge in [0.05, 0.1) is 12.5 Å². The van der Waals surface area contributed by atoms with Crippen LogP contribution in [0.2, 0.25) is 0 Å². The van der Waals surface area contributed by atoms with Crippen molar-refractivity contribution in [2.75, 3.05) is 5.32 Å². The Morgan fingerprint density at radius 2 is 2.12 bits per heavy atom. The van der Waals surface area contributed by atoms with Crippen LogP contribution in [-0.4, -0.2) is 20.7 Å². The highest BCUT2D eigenvalue weighted by Crippen LogP contribution is 2.27. The lowest BCUT2D eigenvalue weighted by Gasteiger charge is -2.23. The maximum Gasteiger partial charge on any atom is 0.229 e. The molecule has 1 atom stereocenters. The average Bonchev–Trinajstić information content (AvgIpc) is 2.77. The molecule has 0 fully saturated rings. The van der Waals surface area contributed by atoms with E-state index in [0.717, 1.165) is 5.56 Å². The number of anilines is 1. The number of rotatable bonds is 1. The second-order valence-electron chi connectivity index (χ2n) is 3.71. The van der Waals surface area contributed by atoms with Crippen molar-refractivity contribution in [1.29, 1.82) is 0 Å². The van der Waals surface area contributed by atoms with Gasteiger partial charge in [-0.3, -0.25) is 10.1 Å². The van der Waals surface area contributed by atoms with Gasteiger partial charge in [-0.2, -0.15) is 10.1 Å². The molecule has 1 aromatic carbocycles. The molecule has 0 saturated carbocycles. The van der Waals surface area contributed by atoms with E-state index >= 15 is 0 Å². The molecule has 0 radical (unpaired) electrons. The first kappa shape index (κ1) is 9.08. The molecule has 2 aromatic rings. The normalized spacial score (nSPS) is 19.0. The SMILES string of the molecule is O=C1C[C@@H](c2ccccc2)n2ncnc2N1. The Bertz CT molecular complexity index is 520. The van der Waals surface area contributed by atoms with E-state index < -0.39 is 0 Å². The predicted molar refractivity (Wildman–Crippen MR) is 57.8 cm³/mol. The summed E-state index contributed by atoms with van der Waals surface area (Å²) in [5.74, 6) is 0.499. The summed E-state index contributed by atoms with van der Waals surface area (Å²) in [6.07, 6.45) is 1.86. The standard InChI is InChI=1S/C11H10N4O/c16-10-6-9(8-4-2-1-3-5-8)15-11(14-10)12-7-13-15/h1-5,7,9H,6H2,(H,12,13,14,16)/t9-/m0/s1. The van der Waals surface area contributed by atoms with E-state index in [1.54, 1.807) is 4.68 Å². The molecule has 1 aliphatic heterocycles. The third-order valence-electron chi connectivity index (χ3n) is 2.68. The van der Waals surface area contributed by atoms with Crippen LogP contribution in [0.25, 0.3) is 0 Å². The third-order valence-corrected chi connectivity index (χ3v) is 2.68. The van der Waals surface area contributed by atoms with Gasteiger partial charge in [-0.1, -0.05) is 30.3 Å². The van der Waals surface area contributed by atoms with Crippen molar-refractivity contribution in [1.82, 2.24) is 14.8 Å². The molecule has 1 amide bonds. The molecule has 0 saturated heterocycles. The summed E-state index contributed by atoms with van der Waals surface area (Å²) in [6, 6.07) is 9.81. The first-order valence-electron chi connectivity index (χ1n) is 5.09. The van der Waals surface area contributed by atoms with E-state index in [9.17, 15) is 4.79 Å². The van der Waals surface area contributed by atoms with Gasteiger partial charge in [0.2, 0.25) is 11.9 Å².